The summed E-state index contributed by atoms with van der Waals surface area (Å²) in [6.07, 6.45) is 0. The molecular weight excluding hydrogens is 528 g/mol. The zero-order valence-electron chi connectivity index (χ0n) is 18.0. The van der Waals surface area contributed by atoms with Crippen LogP contribution < -0.4 is 10.1 Å². The summed E-state index contributed by atoms with van der Waals surface area (Å²) in [7, 11) is 0. The number of amides is 1. The number of hydrogen-bond acceptors (Lipinski definition) is 6. The highest BCUT2D eigenvalue weighted by atomic mass is 79.9. The van der Waals surface area contributed by atoms with Crippen molar-refractivity contribution >= 4 is 44.8 Å². The molecule has 0 radical (unpaired) electrons. The molecule has 0 fully saturated rings. The van der Waals surface area contributed by atoms with E-state index >= 15 is 0 Å². The number of furan rings is 1. The molecule has 0 atom stereocenters. The van der Waals surface area contributed by atoms with Gasteiger partial charge in [-0.2, -0.15) is 5.10 Å². The Morgan fingerprint density at radius 2 is 1.91 bits per heavy atom. The van der Waals surface area contributed by atoms with Crippen molar-refractivity contribution in [2.75, 3.05) is 5.32 Å². The van der Waals surface area contributed by atoms with Crippen LogP contribution in [-0.4, -0.2) is 20.6 Å². The zero-order valence-corrected chi connectivity index (χ0v) is 20.4. The summed E-state index contributed by atoms with van der Waals surface area (Å²) >= 11 is 9.36. The lowest BCUT2D eigenvalue weighted by atomic mass is 10.2. The summed E-state index contributed by atoms with van der Waals surface area (Å²) in [5.74, 6) is 0.658. The van der Waals surface area contributed by atoms with Gasteiger partial charge in [0.2, 0.25) is 0 Å². The average molecular weight is 546 g/mol. The van der Waals surface area contributed by atoms with Crippen LogP contribution in [0.25, 0.3) is 0 Å². The number of nitrogens with one attached hydrogen (secondary N) is 1. The third-order valence-corrected chi connectivity index (χ3v) is 6.29. The Kier molecular flexibility index (Phi) is 6.71. The lowest BCUT2D eigenvalue weighted by Crippen LogP contribution is -2.11. The fourth-order valence-corrected chi connectivity index (χ4v) is 3.62. The number of nitrogens with zero attached hydrogens (tertiary/aromatic N) is 3. The number of carbonyl (C=O) groups is 1. The van der Waals surface area contributed by atoms with Gasteiger partial charge in [-0.25, -0.2) is 0 Å². The monoisotopic (exact) mass is 544 g/mol. The van der Waals surface area contributed by atoms with Crippen molar-refractivity contribution in [3.05, 3.63) is 97.1 Å². The minimum absolute atomic E-state index is 0.0577. The quantitative estimate of drug-likeness (QED) is 0.209. The first kappa shape index (κ1) is 23.5. The van der Waals surface area contributed by atoms with Gasteiger partial charge in [-0.05, 0) is 66.2 Å². The Bertz CT molecular complexity index is 1380. The van der Waals surface area contributed by atoms with Crippen LogP contribution in [-0.2, 0) is 6.54 Å². The van der Waals surface area contributed by atoms with E-state index in [0.717, 1.165) is 15.9 Å². The van der Waals surface area contributed by atoms with Gasteiger partial charge in [0.1, 0.15) is 17.3 Å². The van der Waals surface area contributed by atoms with Gasteiger partial charge < -0.3 is 14.5 Å². The van der Waals surface area contributed by atoms with E-state index in [-0.39, 0.29) is 22.9 Å². The second kappa shape index (κ2) is 9.70. The molecule has 0 aliphatic carbocycles. The molecule has 0 saturated carbocycles. The first-order valence-electron chi connectivity index (χ1n) is 10.0. The number of anilines is 1. The van der Waals surface area contributed by atoms with E-state index in [4.69, 9.17) is 20.8 Å². The highest BCUT2D eigenvalue weighted by molar-refractivity contribution is 9.10. The Balaban J connectivity index is 1.52. The van der Waals surface area contributed by atoms with Crippen molar-refractivity contribution in [3.63, 3.8) is 0 Å². The Labute approximate surface area is 207 Å². The average Bonchev–Trinajstić information content (AvgIpc) is 3.36. The standard InChI is InChI=1S/C23H18BrClN4O5/c1-13-22(24)14(2)28(27-13)12-19-7-8-21(34-19)23(30)26-16-9-17(29(31)32)11-20(10-16)33-18-5-3-15(25)4-6-18/h3-11H,12H2,1-2H3,(H,26,30). The fraction of sp³-hybridized carbons (Fsp3) is 0.130. The Morgan fingerprint density at radius 1 is 1.18 bits per heavy atom. The molecule has 4 aromatic rings. The Morgan fingerprint density at radius 3 is 2.56 bits per heavy atom. The minimum Gasteiger partial charge on any atom is -0.457 e. The molecule has 4 rings (SSSR count). The molecule has 2 aromatic carbocycles. The number of rotatable bonds is 7. The van der Waals surface area contributed by atoms with E-state index in [1.807, 2.05) is 13.8 Å². The molecule has 0 aliphatic heterocycles. The molecule has 0 unspecified atom stereocenters. The van der Waals surface area contributed by atoms with Crippen molar-refractivity contribution in [3.8, 4) is 11.5 Å². The lowest BCUT2D eigenvalue weighted by molar-refractivity contribution is -0.384. The maximum absolute atomic E-state index is 12.7. The molecule has 1 amide bonds. The van der Waals surface area contributed by atoms with Crippen molar-refractivity contribution < 1.29 is 18.9 Å². The summed E-state index contributed by atoms with van der Waals surface area (Å²) in [6, 6.07) is 13.7. The van der Waals surface area contributed by atoms with Crippen molar-refractivity contribution in [1.29, 1.82) is 0 Å². The number of non-ortho nitro benzene ring substituents is 1. The molecule has 1 N–H and O–H groups in total. The summed E-state index contributed by atoms with van der Waals surface area (Å²) in [5, 5.41) is 19.0. The first-order chi connectivity index (χ1) is 16.2. The van der Waals surface area contributed by atoms with Gasteiger partial charge in [0.15, 0.2) is 5.76 Å². The fourth-order valence-electron chi connectivity index (χ4n) is 3.21. The van der Waals surface area contributed by atoms with Crippen molar-refractivity contribution in [1.82, 2.24) is 9.78 Å². The normalized spacial score (nSPS) is 10.8. The molecule has 0 spiro atoms. The van der Waals surface area contributed by atoms with Gasteiger partial charge in [-0.15, -0.1) is 0 Å². The van der Waals surface area contributed by atoms with E-state index in [1.54, 1.807) is 35.0 Å². The highest BCUT2D eigenvalue weighted by Crippen LogP contribution is 2.30. The summed E-state index contributed by atoms with van der Waals surface area (Å²) < 4.78 is 14.0. The van der Waals surface area contributed by atoms with Gasteiger partial charge in [0.05, 0.1) is 39.1 Å². The van der Waals surface area contributed by atoms with Crippen LogP contribution in [0, 0.1) is 24.0 Å². The predicted octanol–water partition coefficient (Wildman–Crippen LogP) is 6.51. The molecule has 2 heterocycles. The van der Waals surface area contributed by atoms with Crippen LogP contribution in [0.1, 0.15) is 27.7 Å². The molecule has 11 heteroatoms. The van der Waals surface area contributed by atoms with Crippen LogP contribution in [0.3, 0.4) is 0 Å². The number of nitro benzene ring substituents is 1. The third kappa shape index (κ3) is 5.29. The van der Waals surface area contributed by atoms with E-state index in [0.29, 0.717) is 23.1 Å². The van der Waals surface area contributed by atoms with E-state index < -0.39 is 10.8 Å². The summed E-state index contributed by atoms with van der Waals surface area (Å²) in [4.78, 5) is 23.5. The minimum atomic E-state index is -0.568. The van der Waals surface area contributed by atoms with E-state index in [9.17, 15) is 14.9 Å². The van der Waals surface area contributed by atoms with Gasteiger partial charge in [0, 0.05) is 17.2 Å². The Hall–Kier alpha value is -3.63. The van der Waals surface area contributed by atoms with Gasteiger partial charge in [0.25, 0.3) is 11.6 Å². The number of ether oxygens (including phenoxy) is 1. The third-order valence-electron chi connectivity index (χ3n) is 4.89. The molecule has 34 heavy (non-hydrogen) atoms. The van der Waals surface area contributed by atoms with Crippen LogP contribution in [0.4, 0.5) is 11.4 Å². The number of hydrogen-bond donors (Lipinski definition) is 1. The topological polar surface area (TPSA) is 112 Å². The van der Waals surface area contributed by atoms with Gasteiger partial charge in [-0.3, -0.25) is 19.6 Å². The number of carbonyl (C=O) groups excluding carboxylic acids is 1. The van der Waals surface area contributed by atoms with Crippen molar-refractivity contribution in [2.24, 2.45) is 0 Å². The maximum Gasteiger partial charge on any atom is 0.291 e. The summed E-state index contributed by atoms with van der Waals surface area (Å²) in [6.45, 7) is 4.16. The van der Waals surface area contributed by atoms with Crippen LogP contribution in [0.5, 0.6) is 11.5 Å². The zero-order chi connectivity index (χ0) is 24.4. The molecular formula is C23H18BrClN4O5. The van der Waals surface area contributed by atoms with Crippen LogP contribution in [0.15, 0.2) is 63.5 Å². The number of halogens is 2. The second-order valence-corrected chi connectivity index (χ2v) is 8.62. The largest absolute Gasteiger partial charge is 0.457 e. The van der Waals surface area contributed by atoms with Gasteiger partial charge in [-0.1, -0.05) is 11.6 Å². The number of benzene rings is 2. The maximum atomic E-state index is 12.7. The highest BCUT2D eigenvalue weighted by Gasteiger charge is 2.17. The summed E-state index contributed by atoms with van der Waals surface area (Å²) in [5.41, 5.74) is 1.73. The smallest absolute Gasteiger partial charge is 0.291 e. The molecule has 0 aliphatic rings. The molecule has 9 nitrogen and oxygen atoms in total. The SMILES string of the molecule is Cc1nn(Cc2ccc(C(=O)Nc3cc(Oc4ccc(Cl)cc4)cc([N+](=O)[O-])c3)o2)c(C)c1Br. The lowest BCUT2D eigenvalue weighted by Gasteiger charge is -2.09. The number of aromatic nitrogens is 2. The first-order valence-corrected chi connectivity index (χ1v) is 11.2. The predicted molar refractivity (Wildman–Crippen MR) is 130 cm³/mol. The molecule has 2 aromatic heterocycles. The van der Waals surface area contributed by atoms with Crippen molar-refractivity contribution in [2.45, 2.75) is 20.4 Å². The molecule has 0 saturated heterocycles. The van der Waals surface area contributed by atoms with E-state index in [1.165, 1.54) is 24.3 Å². The van der Waals surface area contributed by atoms with Crippen LogP contribution >= 0.6 is 27.5 Å². The van der Waals surface area contributed by atoms with E-state index in [2.05, 4.69) is 26.3 Å². The molecule has 174 valence electrons. The van der Waals surface area contributed by atoms with Gasteiger partial charge >= 0.3 is 0 Å². The second-order valence-electron chi connectivity index (χ2n) is 7.39. The number of nitro groups is 1. The molecule has 0 bridgehead atoms. The number of aryl methyl sites for hydroxylation is 1. The van der Waals surface area contributed by atoms with Crippen LogP contribution in [0.2, 0.25) is 5.02 Å².